The molecule has 0 aliphatic heterocycles. The Morgan fingerprint density at radius 3 is 2.45 bits per heavy atom. The summed E-state index contributed by atoms with van der Waals surface area (Å²) in [5.74, 6) is -0.221. The van der Waals surface area contributed by atoms with Crippen LogP contribution in [0.3, 0.4) is 0 Å². The van der Waals surface area contributed by atoms with Crippen LogP contribution in [0.5, 0.6) is 0 Å². The second kappa shape index (κ2) is 6.29. The van der Waals surface area contributed by atoms with E-state index in [1.54, 1.807) is 12.1 Å². The number of anilines is 2. The van der Waals surface area contributed by atoms with Gasteiger partial charge in [0, 0.05) is 18.0 Å². The van der Waals surface area contributed by atoms with Gasteiger partial charge < -0.3 is 10.6 Å². The summed E-state index contributed by atoms with van der Waals surface area (Å²) in [6.07, 6.45) is 0.277. The van der Waals surface area contributed by atoms with Gasteiger partial charge in [-0.25, -0.2) is 4.98 Å². The maximum absolute atomic E-state index is 11.8. The van der Waals surface area contributed by atoms with Crippen LogP contribution in [0, 0.1) is 6.92 Å². The normalized spacial score (nSPS) is 10.1. The highest BCUT2D eigenvalue weighted by Gasteiger charge is 2.06. The third-order valence-corrected chi connectivity index (χ3v) is 3.38. The lowest BCUT2D eigenvalue weighted by molar-refractivity contribution is -0.116. The third-order valence-electron chi connectivity index (χ3n) is 2.50. The second-order valence-electron chi connectivity index (χ2n) is 4.40. The smallest absolute Gasteiger partial charge is 0.230 e. The molecule has 0 spiro atoms. The zero-order valence-electron chi connectivity index (χ0n) is 11.3. The summed E-state index contributed by atoms with van der Waals surface area (Å²) in [4.78, 5) is 26.9. The number of benzene rings is 1. The average Bonchev–Trinajstić information content (AvgIpc) is 2.76. The van der Waals surface area contributed by atoms with Gasteiger partial charge in [-0.2, -0.15) is 0 Å². The fourth-order valence-corrected chi connectivity index (χ4v) is 2.37. The minimum absolute atomic E-state index is 0.105. The van der Waals surface area contributed by atoms with Gasteiger partial charge in [0.05, 0.1) is 12.1 Å². The first-order valence-corrected chi connectivity index (χ1v) is 6.99. The van der Waals surface area contributed by atoms with Crippen molar-refractivity contribution in [2.45, 2.75) is 20.3 Å². The van der Waals surface area contributed by atoms with Crippen molar-refractivity contribution in [3.05, 3.63) is 40.9 Å². The summed E-state index contributed by atoms with van der Waals surface area (Å²) in [5.41, 5.74) is 2.49. The Bertz CT molecular complexity index is 620. The minimum Gasteiger partial charge on any atom is -0.326 e. The molecule has 1 aromatic carbocycles. The zero-order chi connectivity index (χ0) is 14.5. The third kappa shape index (κ3) is 4.17. The molecule has 5 nitrogen and oxygen atoms in total. The average molecular weight is 289 g/mol. The van der Waals surface area contributed by atoms with Crippen molar-refractivity contribution in [3.63, 3.8) is 0 Å². The van der Waals surface area contributed by atoms with Crippen LogP contribution in [0.25, 0.3) is 0 Å². The summed E-state index contributed by atoms with van der Waals surface area (Å²) >= 11 is 1.41. The first-order chi connectivity index (χ1) is 9.52. The topological polar surface area (TPSA) is 71.1 Å². The van der Waals surface area contributed by atoms with E-state index in [4.69, 9.17) is 0 Å². The minimum atomic E-state index is -0.116. The first-order valence-electron chi connectivity index (χ1n) is 6.11. The number of nitrogens with one attached hydrogen (secondary N) is 2. The number of carbonyl (C=O) groups excluding carboxylic acids is 2. The second-order valence-corrected chi connectivity index (χ2v) is 5.26. The molecular formula is C14H15N3O2S. The number of nitrogens with zero attached hydrogens (tertiary/aromatic N) is 1. The van der Waals surface area contributed by atoms with E-state index in [1.807, 2.05) is 24.4 Å². The largest absolute Gasteiger partial charge is 0.326 e. The Morgan fingerprint density at radius 2 is 1.90 bits per heavy atom. The predicted molar refractivity (Wildman–Crippen MR) is 79.9 cm³/mol. The van der Waals surface area contributed by atoms with Crippen LogP contribution < -0.4 is 10.6 Å². The molecule has 2 amide bonds. The molecule has 2 aromatic rings. The molecule has 0 bridgehead atoms. The van der Waals surface area contributed by atoms with E-state index >= 15 is 0 Å². The SMILES string of the molecule is CC(=O)Nc1ccc(CC(=O)Nc2nc(C)cs2)cc1. The molecule has 104 valence electrons. The van der Waals surface area contributed by atoms with Crippen LogP contribution in [-0.4, -0.2) is 16.8 Å². The van der Waals surface area contributed by atoms with Crippen molar-refractivity contribution < 1.29 is 9.59 Å². The van der Waals surface area contributed by atoms with Crippen LogP contribution in [0.2, 0.25) is 0 Å². The lowest BCUT2D eigenvalue weighted by Gasteiger charge is -2.04. The Labute approximate surface area is 121 Å². The summed E-state index contributed by atoms with van der Waals surface area (Å²) in [6, 6.07) is 7.19. The van der Waals surface area contributed by atoms with Crippen LogP contribution in [-0.2, 0) is 16.0 Å². The van der Waals surface area contributed by atoms with Gasteiger partial charge in [0.1, 0.15) is 0 Å². The quantitative estimate of drug-likeness (QED) is 0.908. The van der Waals surface area contributed by atoms with E-state index in [1.165, 1.54) is 18.3 Å². The number of rotatable bonds is 4. The fourth-order valence-electron chi connectivity index (χ4n) is 1.67. The number of amides is 2. The monoisotopic (exact) mass is 289 g/mol. The highest BCUT2D eigenvalue weighted by atomic mass is 32.1. The van der Waals surface area contributed by atoms with E-state index < -0.39 is 0 Å². The number of thiazole rings is 1. The first kappa shape index (κ1) is 14.2. The number of carbonyl (C=O) groups is 2. The van der Waals surface area contributed by atoms with Gasteiger partial charge >= 0.3 is 0 Å². The molecule has 2 rings (SSSR count). The van der Waals surface area contributed by atoms with Crippen molar-refractivity contribution in [3.8, 4) is 0 Å². The van der Waals surface area contributed by atoms with Crippen LogP contribution in [0.15, 0.2) is 29.6 Å². The van der Waals surface area contributed by atoms with Gasteiger partial charge in [-0.3, -0.25) is 9.59 Å². The molecule has 1 heterocycles. The number of hydrogen-bond donors (Lipinski definition) is 2. The summed E-state index contributed by atoms with van der Waals surface area (Å²) in [7, 11) is 0. The molecule has 1 aromatic heterocycles. The van der Waals surface area contributed by atoms with Crippen LogP contribution in [0.1, 0.15) is 18.2 Å². The molecule has 0 saturated heterocycles. The fraction of sp³-hybridized carbons (Fsp3) is 0.214. The molecule has 2 N–H and O–H groups in total. The highest BCUT2D eigenvalue weighted by molar-refractivity contribution is 7.13. The Balaban J connectivity index is 1.92. The predicted octanol–water partition coefficient (Wildman–Crippen LogP) is 2.59. The molecule has 0 atom stereocenters. The van der Waals surface area contributed by atoms with Gasteiger partial charge in [0.25, 0.3) is 0 Å². The zero-order valence-corrected chi connectivity index (χ0v) is 12.1. The maximum atomic E-state index is 11.8. The van der Waals surface area contributed by atoms with Crippen molar-refractivity contribution >= 4 is 34.0 Å². The van der Waals surface area contributed by atoms with Crippen molar-refractivity contribution in [1.82, 2.24) is 4.98 Å². The Hall–Kier alpha value is -2.21. The van der Waals surface area contributed by atoms with Gasteiger partial charge in [0.15, 0.2) is 5.13 Å². The molecule has 20 heavy (non-hydrogen) atoms. The highest BCUT2D eigenvalue weighted by Crippen LogP contribution is 2.15. The van der Waals surface area contributed by atoms with Gasteiger partial charge in [-0.1, -0.05) is 12.1 Å². The standard InChI is InChI=1S/C14H15N3O2S/c1-9-8-20-14(15-9)17-13(19)7-11-3-5-12(6-4-11)16-10(2)18/h3-6,8H,7H2,1-2H3,(H,16,18)(H,15,17,19). The lowest BCUT2D eigenvalue weighted by Crippen LogP contribution is -2.14. The summed E-state index contributed by atoms with van der Waals surface area (Å²) in [5, 5.41) is 7.94. The van der Waals surface area contributed by atoms with Crippen LogP contribution >= 0.6 is 11.3 Å². The molecule has 0 radical (unpaired) electrons. The van der Waals surface area contributed by atoms with Gasteiger partial charge in [0.2, 0.25) is 11.8 Å². The van der Waals surface area contributed by atoms with Crippen LogP contribution in [0.4, 0.5) is 10.8 Å². The molecular weight excluding hydrogens is 274 g/mol. The van der Waals surface area contributed by atoms with E-state index in [9.17, 15) is 9.59 Å². The maximum Gasteiger partial charge on any atom is 0.230 e. The Kier molecular flexibility index (Phi) is 4.47. The molecule has 0 aliphatic carbocycles. The Morgan fingerprint density at radius 1 is 1.20 bits per heavy atom. The summed E-state index contributed by atoms with van der Waals surface area (Å²) in [6.45, 7) is 3.34. The lowest BCUT2D eigenvalue weighted by atomic mass is 10.1. The molecule has 0 unspecified atom stereocenters. The molecule has 0 aliphatic rings. The molecule has 0 saturated carbocycles. The number of aryl methyl sites for hydroxylation is 1. The van der Waals surface area contributed by atoms with E-state index in [0.29, 0.717) is 5.13 Å². The molecule has 0 fully saturated rings. The van der Waals surface area contributed by atoms with Crippen molar-refractivity contribution in [2.75, 3.05) is 10.6 Å². The summed E-state index contributed by atoms with van der Waals surface area (Å²) < 4.78 is 0. The van der Waals surface area contributed by atoms with E-state index in [2.05, 4.69) is 15.6 Å². The van der Waals surface area contributed by atoms with Crippen molar-refractivity contribution in [2.24, 2.45) is 0 Å². The van der Waals surface area contributed by atoms with Gasteiger partial charge in [-0.15, -0.1) is 11.3 Å². The molecule has 6 heteroatoms. The number of aromatic nitrogens is 1. The van der Waals surface area contributed by atoms with E-state index in [-0.39, 0.29) is 18.2 Å². The van der Waals surface area contributed by atoms with Gasteiger partial charge in [-0.05, 0) is 24.6 Å². The van der Waals surface area contributed by atoms with E-state index in [0.717, 1.165) is 16.9 Å². The van der Waals surface area contributed by atoms with Crippen molar-refractivity contribution in [1.29, 1.82) is 0 Å². The number of hydrogen-bond acceptors (Lipinski definition) is 4.